The highest BCUT2D eigenvalue weighted by molar-refractivity contribution is 9.11. The molecule has 1 N–H and O–H groups in total. The van der Waals surface area contributed by atoms with Gasteiger partial charge in [0, 0.05) is 0 Å². The van der Waals surface area contributed by atoms with E-state index in [2.05, 4.69) is 15.9 Å². The average molecular weight is 163 g/mol. The number of allylic oxidation sites excluding steroid dienone is 2. The van der Waals surface area contributed by atoms with E-state index in [1.54, 1.807) is 23.2 Å². The molecule has 1 nitrogen and oxygen atoms in total. The van der Waals surface area contributed by atoms with Gasteiger partial charge in [-0.25, -0.2) is 0 Å². The van der Waals surface area contributed by atoms with Crippen LogP contribution in [0.15, 0.2) is 23.2 Å². The third-order valence-corrected chi connectivity index (χ3v) is 0.731. The van der Waals surface area contributed by atoms with E-state index < -0.39 is 0 Å². The van der Waals surface area contributed by atoms with Crippen LogP contribution in [0.3, 0.4) is 0 Å². The summed E-state index contributed by atoms with van der Waals surface area (Å²) < 4.78 is 0. The molecule has 0 aliphatic carbocycles. The molecule has 0 aliphatic heterocycles. The predicted octanol–water partition coefficient (Wildman–Crippen LogP) is 1.44. The zero-order valence-electron chi connectivity index (χ0n) is 3.84. The lowest BCUT2D eigenvalue weighted by Gasteiger charge is -1.70. The molecule has 0 atom stereocenters. The van der Waals surface area contributed by atoms with Gasteiger partial charge in [0.05, 0.1) is 6.61 Å². The van der Waals surface area contributed by atoms with Crippen molar-refractivity contribution in [3.05, 3.63) is 23.2 Å². The van der Waals surface area contributed by atoms with Gasteiger partial charge < -0.3 is 5.11 Å². The molecule has 2 heteroatoms. The van der Waals surface area contributed by atoms with E-state index in [4.69, 9.17) is 5.11 Å². The maximum absolute atomic E-state index is 8.16. The quantitative estimate of drug-likeness (QED) is 0.610. The fourth-order valence-electron chi connectivity index (χ4n) is 0.181. The van der Waals surface area contributed by atoms with Crippen LogP contribution in [0.5, 0.6) is 0 Å². The van der Waals surface area contributed by atoms with Gasteiger partial charge in [-0.2, -0.15) is 0 Å². The van der Waals surface area contributed by atoms with Crippen LogP contribution in [-0.2, 0) is 0 Å². The second-order valence-corrected chi connectivity index (χ2v) is 1.46. The molecule has 0 aromatic carbocycles. The Balaban J connectivity index is 3.09. The van der Waals surface area contributed by atoms with Crippen molar-refractivity contribution >= 4 is 15.9 Å². The molecule has 0 saturated heterocycles. The molecule has 0 aromatic heterocycles. The van der Waals surface area contributed by atoms with Crippen molar-refractivity contribution in [2.24, 2.45) is 0 Å². The topological polar surface area (TPSA) is 20.2 Å². The number of aliphatic hydroxyl groups is 1. The Labute approximate surface area is 51.5 Å². The minimum Gasteiger partial charge on any atom is -0.392 e. The Hall–Kier alpha value is -0.0800. The third-order valence-electron chi connectivity index (χ3n) is 0.425. The molecule has 0 amide bonds. The van der Waals surface area contributed by atoms with Gasteiger partial charge >= 0.3 is 0 Å². The first kappa shape index (κ1) is 6.92. The largest absolute Gasteiger partial charge is 0.392 e. The van der Waals surface area contributed by atoms with Gasteiger partial charge in [0.15, 0.2) is 0 Å². The third kappa shape index (κ3) is 5.92. The minimum atomic E-state index is 0.108. The van der Waals surface area contributed by atoms with Crippen LogP contribution in [-0.4, -0.2) is 11.7 Å². The first-order valence-corrected chi connectivity index (χ1v) is 2.86. The van der Waals surface area contributed by atoms with E-state index in [9.17, 15) is 0 Å². The normalized spacial score (nSPS) is 11.7. The van der Waals surface area contributed by atoms with Crippen LogP contribution in [0.2, 0.25) is 0 Å². The fourth-order valence-corrected chi connectivity index (χ4v) is 0.358. The molecule has 0 saturated carbocycles. The van der Waals surface area contributed by atoms with Gasteiger partial charge in [0.25, 0.3) is 0 Å². The number of hydrogen-bond acceptors (Lipinski definition) is 1. The summed E-state index contributed by atoms with van der Waals surface area (Å²) in [7, 11) is 0. The van der Waals surface area contributed by atoms with E-state index in [0.29, 0.717) is 0 Å². The average Bonchev–Trinajstić information content (AvgIpc) is 1.69. The lowest BCUT2D eigenvalue weighted by atomic mass is 10.5. The van der Waals surface area contributed by atoms with Crippen molar-refractivity contribution < 1.29 is 5.11 Å². The van der Waals surface area contributed by atoms with E-state index in [-0.39, 0.29) is 6.61 Å². The van der Waals surface area contributed by atoms with E-state index in [1.165, 1.54) is 0 Å². The predicted molar refractivity (Wildman–Crippen MR) is 34.3 cm³/mol. The second kappa shape index (κ2) is 5.92. The van der Waals surface area contributed by atoms with Crippen LogP contribution in [0, 0.1) is 0 Å². The highest BCUT2D eigenvalue weighted by Gasteiger charge is 1.59. The first-order valence-electron chi connectivity index (χ1n) is 1.94. The number of hydrogen-bond donors (Lipinski definition) is 1. The van der Waals surface area contributed by atoms with Gasteiger partial charge in [-0.3, -0.25) is 0 Å². The van der Waals surface area contributed by atoms with Gasteiger partial charge in [0.2, 0.25) is 0 Å². The Kier molecular flexibility index (Phi) is 5.85. The number of aliphatic hydroxyl groups excluding tert-OH is 1. The van der Waals surface area contributed by atoms with Crippen LogP contribution in [0.4, 0.5) is 0 Å². The highest BCUT2D eigenvalue weighted by atomic mass is 79.9. The standard InChI is InChI=1S/C5H7BrO/c6-4-2-1-3-5-7/h1-4,7H,5H2. The summed E-state index contributed by atoms with van der Waals surface area (Å²) in [4.78, 5) is 1.72. The van der Waals surface area contributed by atoms with Crippen molar-refractivity contribution in [1.82, 2.24) is 0 Å². The molecule has 0 aliphatic rings. The molecule has 0 rings (SSSR count). The molecule has 0 radical (unpaired) electrons. The van der Waals surface area contributed by atoms with Crippen molar-refractivity contribution in [3.8, 4) is 0 Å². The van der Waals surface area contributed by atoms with Crippen molar-refractivity contribution in [1.29, 1.82) is 0 Å². The SMILES string of the molecule is OCC=CC=CBr. The Morgan fingerprint density at radius 2 is 2.14 bits per heavy atom. The molecule has 0 unspecified atom stereocenters. The Morgan fingerprint density at radius 3 is 2.57 bits per heavy atom. The maximum Gasteiger partial charge on any atom is 0.0615 e. The van der Waals surface area contributed by atoms with Crippen LogP contribution < -0.4 is 0 Å². The lowest BCUT2D eigenvalue weighted by molar-refractivity contribution is 0.343. The monoisotopic (exact) mass is 162 g/mol. The lowest BCUT2D eigenvalue weighted by Crippen LogP contribution is -1.66. The molecular weight excluding hydrogens is 156 g/mol. The van der Waals surface area contributed by atoms with Gasteiger partial charge in [-0.15, -0.1) is 0 Å². The van der Waals surface area contributed by atoms with Crippen LogP contribution in [0.25, 0.3) is 0 Å². The van der Waals surface area contributed by atoms with E-state index in [1.807, 2.05) is 0 Å². The molecule has 0 aromatic rings. The summed E-state index contributed by atoms with van der Waals surface area (Å²) in [5.41, 5.74) is 0. The van der Waals surface area contributed by atoms with Gasteiger partial charge in [0.1, 0.15) is 0 Å². The summed E-state index contributed by atoms with van der Waals surface area (Å²) in [5, 5.41) is 8.16. The van der Waals surface area contributed by atoms with Crippen molar-refractivity contribution in [3.63, 3.8) is 0 Å². The summed E-state index contributed by atoms with van der Waals surface area (Å²) >= 11 is 3.07. The molecule has 0 bridgehead atoms. The zero-order valence-corrected chi connectivity index (χ0v) is 5.43. The van der Waals surface area contributed by atoms with Crippen LogP contribution in [0.1, 0.15) is 0 Å². The maximum atomic E-state index is 8.16. The second-order valence-electron chi connectivity index (χ2n) is 0.929. The van der Waals surface area contributed by atoms with Gasteiger partial charge in [-0.05, 0) is 4.99 Å². The highest BCUT2D eigenvalue weighted by Crippen LogP contribution is 1.82. The summed E-state index contributed by atoms with van der Waals surface area (Å²) in [6.07, 6.45) is 5.20. The molecule has 0 spiro atoms. The van der Waals surface area contributed by atoms with Crippen LogP contribution >= 0.6 is 15.9 Å². The minimum absolute atomic E-state index is 0.108. The van der Waals surface area contributed by atoms with E-state index in [0.717, 1.165) is 0 Å². The smallest absolute Gasteiger partial charge is 0.0615 e. The molecule has 0 fully saturated rings. The van der Waals surface area contributed by atoms with Crippen molar-refractivity contribution in [2.75, 3.05) is 6.61 Å². The van der Waals surface area contributed by atoms with Crippen molar-refractivity contribution in [2.45, 2.75) is 0 Å². The zero-order chi connectivity index (χ0) is 5.54. The Bertz CT molecular complexity index is 76.1. The number of halogens is 1. The summed E-state index contributed by atoms with van der Waals surface area (Å²) in [6.45, 7) is 0.108. The Morgan fingerprint density at radius 1 is 1.43 bits per heavy atom. The van der Waals surface area contributed by atoms with Gasteiger partial charge in [-0.1, -0.05) is 34.2 Å². The summed E-state index contributed by atoms with van der Waals surface area (Å²) in [6, 6.07) is 0. The fraction of sp³-hybridized carbons (Fsp3) is 0.200. The molecule has 0 heterocycles. The molecular formula is C5H7BrO. The summed E-state index contributed by atoms with van der Waals surface area (Å²) in [5.74, 6) is 0. The first-order chi connectivity index (χ1) is 3.41. The molecule has 7 heavy (non-hydrogen) atoms. The molecule has 40 valence electrons. The van der Waals surface area contributed by atoms with E-state index >= 15 is 0 Å². The number of rotatable bonds is 2.